The second-order valence-electron chi connectivity index (χ2n) is 14.5. The van der Waals surface area contributed by atoms with Crippen LogP contribution in [0.2, 0.25) is 0 Å². The van der Waals surface area contributed by atoms with Gasteiger partial charge >= 0.3 is 0 Å². The van der Waals surface area contributed by atoms with E-state index >= 15 is 0 Å². The third-order valence-corrected chi connectivity index (χ3v) is 12.6. The van der Waals surface area contributed by atoms with E-state index in [1.165, 1.54) is 75.5 Å². The van der Waals surface area contributed by atoms with Crippen molar-refractivity contribution >= 4 is 64.1 Å². The van der Waals surface area contributed by atoms with Crippen LogP contribution < -0.4 is 0 Å². The van der Waals surface area contributed by atoms with E-state index in [0.29, 0.717) is 0 Å². The van der Waals surface area contributed by atoms with Gasteiger partial charge in [0.1, 0.15) is 0 Å². The van der Waals surface area contributed by atoms with Crippen molar-refractivity contribution in [3.63, 3.8) is 0 Å². The summed E-state index contributed by atoms with van der Waals surface area (Å²) in [6.07, 6.45) is 1.95. The average molecular weight is 681 g/mol. The monoisotopic (exact) mass is 680 g/mol. The number of hydrogen-bond donors (Lipinski definition) is 0. The number of thiophene rings is 1. The minimum absolute atomic E-state index is 0.190. The van der Waals surface area contributed by atoms with Crippen LogP contribution in [0.25, 0.3) is 97.4 Å². The molecule has 10 aromatic rings. The summed E-state index contributed by atoms with van der Waals surface area (Å²) < 4.78 is 2.67. The molecule has 0 radical (unpaired) electrons. The summed E-state index contributed by atoms with van der Waals surface area (Å²) in [6.45, 7) is 4.72. The zero-order valence-corrected chi connectivity index (χ0v) is 29.6. The lowest BCUT2D eigenvalue weighted by atomic mass is 9.80. The molecule has 2 nitrogen and oxygen atoms in total. The van der Waals surface area contributed by atoms with Crippen LogP contribution in [-0.4, -0.2) is 9.97 Å². The largest absolute Gasteiger partial charge is 0.252 e. The van der Waals surface area contributed by atoms with Crippen LogP contribution in [0.5, 0.6) is 0 Å². The van der Waals surface area contributed by atoms with Crippen molar-refractivity contribution < 1.29 is 0 Å². The molecule has 0 saturated carbocycles. The number of nitrogens with zero attached hydrogens (tertiary/aromatic N) is 2. The van der Waals surface area contributed by atoms with E-state index in [1.807, 2.05) is 17.5 Å². The highest BCUT2D eigenvalue weighted by molar-refractivity contribution is 7.26. The predicted octanol–water partition coefficient (Wildman–Crippen LogP) is 13.6. The standard InChI is InChI=1S/C49H32N2S/c1-49(2)42-26-29(31-12-3-4-13-32(31)40-19-11-20-41-37-16-9-10-21-45(37)52-48(40)41)22-24-35(42)36-25-23-30(27-43(36)49)44-28-50-46-38-17-7-5-14-33(38)34-15-6-8-18-39(34)47(46)51-44/h3-28H,1-2H3. The first-order chi connectivity index (χ1) is 25.5. The van der Waals surface area contributed by atoms with Crippen molar-refractivity contribution in [2.45, 2.75) is 19.3 Å². The Morgan fingerprint density at radius 3 is 1.75 bits per heavy atom. The zero-order chi connectivity index (χ0) is 34.6. The summed E-state index contributed by atoms with van der Waals surface area (Å²) in [5.74, 6) is 0. The lowest BCUT2D eigenvalue weighted by molar-refractivity contribution is 0.661. The van der Waals surface area contributed by atoms with Gasteiger partial charge in [-0.1, -0.05) is 147 Å². The molecule has 1 aliphatic rings. The highest BCUT2D eigenvalue weighted by atomic mass is 32.1. The Labute approximate surface area is 305 Å². The van der Waals surface area contributed by atoms with Crippen LogP contribution in [0.4, 0.5) is 0 Å². The number of benzene rings is 8. The van der Waals surface area contributed by atoms with E-state index in [1.54, 1.807) is 0 Å². The molecule has 0 saturated heterocycles. The van der Waals surface area contributed by atoms with Crippen LogP contribution in [-0.2, 0) is 5.41 Å². The molecule has 8 aromatic carbocycles. The quantitative estimate of drug-likeness (QED) is 0.174. The van der Waals surface area contributed by atoms with Gasteiger partial charge in [-0.25, -0.2) is 4.98 Å². The van der Waals surface area contributed by atoms with Crippen molar-refractivity contribution in [2.75, 3.05) is 0 Å². The molecular formula is C49H32N2S. The van der Waals surface area contributed by atoms with E-state index in [4.69, 9.17) is 9.97 Å². The first kappa shape index (κ1) is 29.6. The molecule has 0 unspecified atom stereocenters. The van der Waals surface area contributed by atoms with Gasteiger partial charge in [0.15, 0.2) is 0 Å². The van der Waals surface area contributed by atoms with Crippen molar-refractivity contribution in [3.8, 4) is 44.6 Å². The number of fused-ring (bicyclic) bond motifs is 12. The molecule has 3 heteroatoms. The second kappa shape index (κ2) is 10.9. The Balaban J connectivity index is 1.02. The van der Waals surface area contributed by atoms with E-state index < -0.39 is 0 Å². The minimum Gasteiger partial charge on any atom is -0.252 e. The van der Waals surface area contributed by atoms with Gasteiger partial charge in [-0.3, -0.25) is 4.98 Å². The zero-order valence-electron chi connectivity index (χ0n) is 28.8. The van der Waals surface area contributed by atoms with Gasteiger partial charge in [0.25, 0.3) is 0 Å². The Bertz CT molecular complexity index is 3080. The lowest BCUT2D eigenvalue weighted by Crippen LogP contribution is -2.15. The number of aromatic nitrogens is 2. The first-order valence-corrected chi connectivity index (χ1v) is 18.7. The van der Waals surface area contributed by atoms with Gasteiger partial charge in [-0.05, 0) is 67.9 Å². The van der Waals surface area contributed by atoms with Crippen LogP contribution in [0, 0.1) is 0 Å². The highest BCUT2D eigenvalue weighted by Gasteiger charge is 2.36. The van der Waals surface area contributed by atoms with Crippen molar-refractivity contribution in [1.29, 1.82) is 0 Å². The molecule has 0 spiro atoms. The molecule has 0 N–H and O–H groups in total. The van der Waals surface area contributed by atoms with Gasteiger partial charge in [-0.15, -0.1) is 11.3 Å². The molecule has 244 valence electrons. The summed E-state index contributed by atoms with van der Waals surface area (Å²) in [6, 6.07) is 55.4. The van der Waals surface area contributed by atoms with Crippen LogP contribution >= 0.6 is 11.3 Å². The summed E-state index contributed by atoms with van der Waals surface area (Å²) in [5.41, 5.74) is 14.0. The van der Waals surface area contributed by atoms with Crippen molar-refractivity contribution in [3.05, 3.63) is 169 Å². The van der Waals surface area contributed by atoms with Crippen LogP contribution in [0.1, 0.15) is 25.0 Å². The van der Waals surface area contributed by atoms with Crippen molar-refractivity contribution in [2.24, 2.45) is 0 Å². The second-order valence-corrected chi connectivity index (χ2v) is 15.6. The molecule has 0 amide bonds. The van der Waals surface area contributed by atoms with Crippen LogP contribution in [0.3, 0.4) is 0 Å². The third kappa shape index (κ3) is 4.17. The number of rotatable bonds is 3. The van der Waals surface area contributed by atoms with E-state index in [-0.39, 0.29) is 5.41 Å². The SMILES string of the molecule is CC1(C)c2cc(-c3cnc4c5ccccc5c5ccccc5c4n3)ccc2-c2ccc(-c3ccccc3-c3cccc4c3sc3ccccc34)cc21. The number of hydrogen-bond acceptors (Lipinski definition) is 3. The minimum atomic E-state index is -0.190. The molecule has 0 aliphatic heterocycles. The summed E-state index contributed by atoms with van der Waals surface area (Å²) in [7, 11) is 0. The Morgan fingerprint density at radius 2 is 1.00 bits per heavy atom. The molecule has 1 aliphatic carbocycles. The molecule has 52 heavy (non-hydrogen) atoms. The smallest absolute Gasteiger partial charge is 0.0979 e. The van der Waals surface area contributed by atoms with Crippen molar-refractivity contribution in [1.82, 2.24) is 9.97 Å². The normalized spacial score (nSPS) is 13.3. The summed E-state index contributed by atoms with van der Waals surface area (Å²) >= 11 is 1.89. The van der Waals surface area contributed by atoms with E-state index in [2.05, 4.69) is 166 Å². The Morgan fingerprint density at radius 1 is 0.442 bits per heavy atom. The first-order valence-electron chi connectivity index (χ1n) is 17.9. The highest BCUT2D eigenvalue weighted by Crippen LogP contribution is 2.51. The summed E-state index contributed by atoms with van der Waals surface area (Å²) in [5, 5.41) is 7.35. The topological polar surface area (TPSA) is 25.8 Å². The fraction of sp³-hybridized carbons (Fsp3) is 0.0612. The van der Waals surface area contributed by atoms with Gasteiger partial charge in [0, 0.05) is 47.5 Å². The molecule has 0 atom stereocenters. The van der Waals surface area contributed by atoms with Gasteiger partial charge in [0.05, 0.1) is 22.9 Å². The van der Waals surface area contributed by atoms with E-state index in [9.17, 15) is 0 Å². The molecular weight excluding hydrogens is 649 g/mol. The Kier molecular flexibility index (Phi) is 6.21. The maximum Gasteiger partial charge on any atom is 0.0979 e. The van der Waals surface area contributed by atoms with Gasteiger partial charge < -0.3 is 0 Å². The van der Waals surface area contributed by atoms with E-state index in [0.717, 1.165) is 33.1 Å². The third-order valence-electron chi connectivity index (χ3n) is 11.3. The maximum atomic E-state index is 5.31. The maximum absolute atomic E-state index is 5.31. The van der Waals surface area contributed by atoms with Gasteiger partial charge in [0.2, 0.25) is 0 Å². The Hall–Kier alpha value is -6.16. The molecule has 0 fully saturated rings. The fourth-order valence-electron chi connectivity index (χ4n) is 8.76. The fourth-order valence-corrected chi connectivity index (χ4v) is 9.99. The molecule has 2 aromatic heterocycles. The molecule has 11 rings (SSSR count). The summed E-state index contributed by atoms with van der Waals surface area (Å²) in [4.78, 5) is 10.4. The van der Waals surface area contributed by atoms with Crippen LogP contribution in [0.15, 0.2) is 158 Å². The molecule has 0 bridgehead atoms. The van der Waals surface area contributed by atoms with Gasteiger partial charge in [-0.2, -0.15) is 0 Å². The molecule has 2 heterocycles. The predicted molar refractivity (Wildman–Crippen MR) is 221 cm³/mol. The lowest BCUT2D eigenvalue weighted by Gasteiger charge is -2.23. The average Bonchev–Trinajstić information content (AvgIpc) is 3.69.